The van der Waals surface area contributed by atoms with E-state index >= 15 is 0 Å². The van der Waals surface area contributed by atoms with Gasteiger partial charge in [0.25, 0.3) is 5.03 Å². The van der Waals surface area contributed by atoms with Crippen LogP contribution < -0.4 is 5.32 Å². The standard InChI is InChI=1S/C17H16ClFN4OS/c1-7-3-9-15(23(7)14-8-4-11(14)20-5-8)10-6-21-16(18)12(19)13(10)22-17(9)25(2)24/h3,6,8,11,14,20H,4-5H2,1-2H3. The van der Waals surface area contributed by atoms with Crippen LogP contribution in [0.3, 0.4) is 0 Å². The van der Waals surface area contributed by atoms with Gasteiger partial charge in [-0.25, -0.2) is 9.37 Å². The number of rotatable bonds is 2. The number of fused-ring (bicyclic) bond motifs is 4. The van der Waals surface area contributed by atoms with Crippen LogP contribution in [-0.2, 0) is 11.2 Å². The fourth-order valence-corrected chi connectivity index (χ4v) is 5.26. The third-order valence-corrected chi connectivity index (χ3v) is 6.66. The Balaban J connectivity index is 1.92. The smallest absolute Gasteiger partial charge is 0.254 e. The van der Waals surface area contributed by atoms with Crippen molar-refractivity contribution in [2.75, 3.05) is 12.8 Å². The van der Waals surface area contributed by atoms with E-state index in [0.717, 1.165) is 29.6 Å². The molecule has 0 amide bonds. The van der Waals surface area contributed by atoms with Crippen molar-refractivity contribution in [1.82, 2.24) is 19.9 Å². The lowest BCUT2D eigenvalue weighted by Crippen LogP contribution is -2.39. The maximum absolute atomic E-state index is 14.6. The van der Waals surface area contributed by atoms with Gasteiger partial charge >= 0.3 is 0 Å². The zero-order chi connectivity index (χ0) is 17.5. The highest BCUT2D eigenvalue weighted by Gasteiger charge is 2.48. The molecule has 3 aliphatic rings. The second-order valence-electron chi connectivity index (χ2n) is 6.92. The van der Waals surface area contributed by atoms with Crippen LogP contribution >= 0.6 is 11.6 Å². The lowest BCUT2D eigenvalue weighted by Gasteiger charge is -2.37. The minimum absolute atomic E-state index is 0.136. The lowest BCUT2D eigenvalue weighted by molar-refractivity contribution is 0.223. The molecule has 2 aliphatic heterocycles. The van der Waals surface area contributed by atoms with Crippen LogP contribution in [0.15, 0.2) is 17.3 Å². The first-order valence-electron chi connectivity index (χ1n) is 8.19. The second-order valence-corrected chi connectivity index (χ2v) is 8.57. The van der Waals surface area contributed by atoms with Crippen molar-refractivity contribution >= 4 is 44.6 Å². The summed E-state index contributed by atoms with van der Waals surface area (Å²) in [6.07, 6.45) is 4.30. The van der Waals surface area contributed by atoms with Crippen molar-refractivity contribution in [3.05, 3.63) is 28.9 Å². The van der Waals surface area contributed by atoms with Gasteiger partial charge in [-0.2, -0.15) is 4.98 Å². The summed E-state index contributed by atoms with van der Waals surface area (Å²) in [5, 5.41) is 5.12. The Kier molecular flexibility index (Phi) is 3.35. The summed E-state index contributed by atoms with van der Waals surface area (Å²) >= 11 is 4.52. The normalized spacial score (nSPS) is 26.4. The van der Waals surface area contributed by atoms with Crippen LogP contribution in [-0.4, -0.2) is 37.9 Å². The van der Waals surface area contributed by atoms with Gasteiger partial charge in [-0.05, 0) is 25.3 Å². The first-order valence-corrected chi connectivity index (χ1v) is 10.1. The fraction of sp³-hybridized carbons (Fsp3) is 0.412. The Hall–Kier alpha value is -1.41. The van der Waals surface area contributed by atoms with E-state index in [1.807, 2.05) is 13.0 Å². The highest BCUT2D eigenvalue weighted by Crippen LogP contribution is 2.47. The highest BCUT2D eigenvalue weighted by atomic mass is 35.5. The molecule has 25 heavy (non-hydrogen) atoms. The average Bonchev–Trinajstić information content (AvgIpc) is 3.26. The molecule has 3 aromatic rings. The van der Waals surface area contributed by atoms with Crippen LogP contribution in [0.4, 0.5) is 4.39 Å². The Labute approximate surface area is 151 Å². The summed E-state index contributed by atoms with van der Waals surface area (Å²) in [6.45, 7) is 3.04. The van der Waals surface area contributed by atoms with Crippen LogP contribution in [0.5, 0.6) is 0 Å². The number of aromatic nitrogens is 3. The first-order chi connectivity index (χ1) is 12.0. The van der Waals surface area contributed by atoms with E-state index in [1.165, 1.54) is 0 Å². The van der Waals surface area contributed by atoms with Gasteiger partial charge in [0.2, 0.25) is 0 Å². The van der Waals surface area contributed by atoms with Crippen molar-refractivity contribution in [2.24, 2.45) is 5.92 Å². The lowest BCUT2D eigenvalue weighted by atomic mass is 9.79. The van der Waals surface area contributed by atoms with Gasteiger partial charge in [0.15, 0.2) is 11.0 Å². The molecule has 2 bridgehead atoms. The summed E-state index contributed by atoms with van der Waals surface area (Å²) in [6, 6.07) is 2.77. The van der Waals surface area contributed by atoms with E-state index in [4.69, 9.17) is 11.6 Å². The fourth-order valence-electron chi connectivity index (χ4n) is 4.43. The molecule has 1 aliphatic carbocycles. The summed E-state index contributed by atoms with van der Waals surface area (Å²) in [5.41, 5.74) is 2.06. The molecule has 0 spiro atoms. The summed E-state index contributed by atoms with van der Waals surface area (Å²) in [4.78, 5) is 8.33. The second kappa shape index (κ2) is 5.30. The summed E-state index contributed by atoms with van der Waals surface area (Å²) in [5.74, 6) is -0.0870. The molecule has 5 heterocycles. The molecule has 0 radical (unpaired) electrons. The largest absolute Gasteiger partial charge is 0.610 e. The van der Waals surface area contributed by atoms with E-state index in [2.05, 4.69) is 19.9 Å². The maximum atomic E-state index is 14.6. The van der Waals surface area contributed by atoms with Crippen LogP contribution in [0.25, 0.3) is 21.8 Å². The van der Waals surface area contributed by atoms with E-state index in [-0.39, 0.29) is 10.7 Å². The van der Waals surface area contributed by atoms with Crippen LogP contribution in [0.2, 0.25) is 5.15 Å². The maximum Gasteiger partial charge on any atom is 0.254 e. The van der Waals surface area contributed by atoms with Gasteiger partial charge in [-0.3, -0.25) is 0 Å². The third kappa shape index (κ3) is 2.04. The minimum atomic E-state index is -1.34. The predicted octanol–water partition coefficient (Wildman–Crippen LogP) is 2.96. The Bertz CT molecular complexity index is 1020. The number of pyridine rings is 2. The molecule has 4 unspecified atom stereocenters. The van der Waals surface area contributed by atoms with Crippen molar-refractivity contribution in [3.63, 3.8) is 0 Å². The van der Waals surface area contributed by atoms with Gasteiger partial charge in [0.05, 0.1) is 16.9 Å². The SMILES string of the molecule is Cc1cc2c([S+](C)[O-])nc3c(F)c(Cl)ncc3c2n1C1C2CNC1C2. The monoisotopic (exact) mass is 378 g/mol. The molecule has 8 heteroatoms. The quantitative estimate of drug-likeness (QED) is 0.550. The number of halogens is 2. The van der Waals surface area contributed by atoms with E-state index in [9.17, 15) is 8.94 Å². The molecule has 2 saturated heterocycles. The number of nitrogens with zero attached hydrogens (tertiary/aromatic N) is 3. The van der Waals surface area contributed by atoms with Crippen molar-refractivity contribution in [3.8, 4) is 0 Å². The molecule has 1 saturated carbocycles. The number of hydrogen-bond donors (Lipinski definition) is 1. The average molecular weight is 379 g/mol. The van der Waals surface area contributed by atoms with Gasteiger partial charge in [0.1, 0.15) is 11.8 Å². The van der Waals surface area contributed by atoms with E-state index < -0.39 is 17.0 Å². The molecule has 5 nitrogen and oxygen atoms in total. The van der Waals surface area contributed by atoms with E-state index in [1.54, 1.807) is 12.5 Å². The zero-order valence-electron chi connectivity index (χ0n) is 13.7. The highest BCUT2D eigenvalue weighted by molar-refractivity contribution is 7.90. The molecular weight excluding hydrogens is 363 g/mol. The van der Waals surface area contributed by atoms with Gasteiger partial charge in [-0.15, -0.1) is 0 Å². The number of nitrogens with one attached hydrogen (secondary N) is 1. The number of hydrogen-bond acceptors (Lipinski definition) is 4. The molecule has 1 N–H and O–H groups in total. The molecule has 6 rings (SSSR count). The number of aryl methyl sites for hydroxylation is 1. The zero-order valence-corrected chi connectivity index (χ0v) is 15.3. The molecule has 3 aromatic heterocycles. The molecule has 0 aromatic carbocycles. The predicted molar refractivity (Wildman–Crippen MR) is 96.0 cm³/mol. The van der Waals surface area contributed by atoms with Crippen LogP contribution in [0.1, 0.15) is 18.2 Å². The third-order valence-electron chi connectivity index (χ3n) is 5.54. The van der Waals surface area contributed by atoms with Crippen molar-refractivity contribution < 1.29 is 8.94 Å². The van der Waals surface area contributed by atoms with Gasteiger partial charge < -0.3 is 14.4 Å². The van der Waals surface area contributed by atoms with Gasteiger partial charge in [0, 0.05) is 41.0 Å². The van der Waals surface area contributed by atoms with Crippen molar-refractivity contribution in [1.29, 1.82) is 0 Å². The van der Waals surface area contributed by atoms with Gasteiger partial charge in [-0.1, -0.05) is 11.6 Å². The van der Waals surface area contributed by atoms with Crippen molar-refractivity contribution in [2.45, 2.75) is 30.5 Å². The molecule has 3 fully saturated rings. The Morgan fingerprint density at radius 3 is 2.88 bits per heavy atom. The molecule has 4 atom stereocenters. The summed E-state index contributed by atoms with van der Waals surface area (Å²) < 4.78 is 29.1. The molecular formula is C17H16ClFN4OS. The summed E-state index contributed by atoms with van der Waals surface area (Å²) in [7, 11) is 0. The molecule has 130 valence electrons. The minimum Gasteiger partial charge on any atom is -0.610 e. The Morgan fingerprint density at radius 1 is 1.44 bits per heavy atom. The Morgan fingerprint density at radius 2 is 2.24 bits per heavy atom. The van der Waals surface area contributed by atoms with E-state index in [0.29, 0.717) is 28.4 Å². The van der Waals surface area contributed by atoms with Crippen LogP contribution in [0, 0.1) is 18.7 Å². The topological polar surface area (TPSA) is 65.8 Å². The first kappa shape index (κ1) is 15.8.